The minimum absolute atomic E-state index is 0.130. The maximum Gasteiger partial charge on any atom is 0.0475 e. The van der Waals surface area contributed by atoms with E-state index in [2.05, 4.69) is 28.5 Å². The molecule has 2 heterocycles. The maximum absolute atomic E-state index is 6.03. The molecular weight excluding hydrogens is 296 g/mol. The molecule has 0 atom stereocenters. The maximum atomic E-state index is 6.03. The van der Waals surface area contributed by atoms with Gasteiger partial charge < -0.3 is 10.1 Å². The van der Waals surface area contributed by atoms with E-state index < -0.39 is 0 Å². The van der Waals surface area contributed by atoms with Gasteiger partial charge in [0.25, 0.3) is 0 Å². The number of aromatic nitrogens is 1. The lowest BCUT2D eigenvalue weighted by Crippen LogP contribution is -2.42. The van der Waals surface area contributed by atoms with Crippen LogP contribution in [0.25, 0.3) is 0 Å². The molecule has 1 aliphatic rings. The number of ether oxygens (including phenoxy) is 1. The van der Waals surface area contributed by atoms with Crippen LogP contribution in [0, 0.1) is 0 Å². The first-order valence-corrected chi connectivity index (χ1v) is 8.10. The molecule has 3 nitrogen and oxygen atoms in total. The van der Waals surface area contributed by atoms with Crippen LogP contribution in [0.4, 0.5) is 0 Å². The van der Waals surface area contributed by atoms with E-state index in [0.717, 1.165) is 44.2 Å². The monoisotopic (exact) mass is 316 g/mol. The molecule has 0 spiro atoms. The first kappa shape index (κ1) is 15.5. The van der Waals surface area contributed by atoms with Gasteiger partial charge in [0.2, 0.25) is 0 Å². The average molecular weight is 317 g/mol. The summed E-state index contributed by atoms with van der Waals surface area (Å²) in [5, 5.41) is 4.38. The third kappa shape index (κ3) is 3.67. The third-order valence-corrected chi connectivity index (χ3v) is 4.67. The lowest BCUT2D eigenvalue weighted by atomic mass is 9.74. The second-order valence-electron chi connectivity index (χ2n) is 5.86. The van der Waals surface area contributed by atoms with Crippen molar-refractivity contribution in [1.82, 2.24) is 10.3 Å². The molecule has 3 rings (SSSR count). The molecule has 1 aromatic carbocycles. The average Bonchev–Trinajstić information content (AvgIpc) is 2.57. The zero-order chi connectivity index (χ0) is 15.3. The van der Waals surface area contributed by atoms with Crippen molar-refractivity contribution in [3.63, 3.8) is 0 Å². The van der Waals surface area contributed by atoms with Gasteiger partial charge in [0, 0.05) is 49.1 Å². The van der Waals surface area contributed by atoms with E-state index in [-0.39, 0.29) is 5.41 Å². The number of nitrogens with one attached hydrogen (secondary N) is 1. The summed E-state index contributed by atoms with van der Waals surface area (Å²) < 4.78 is 5.57. The highest BCUT2D eigenvalue weighted by Crippen LogP contribution is 2.34. The van der Waals surface area contributed by atoms with E-state index in [9.17, 15) is 0 Å². The van der Waals surface area contributed by atoms with Crippen LogP contribution in [-0.4, -0.2) is 24.7 Å². The Labute approximate surface area is 136 Å². The standard InChI is InChI=1S/C18H21ClN2O/c19-17-5-3-16(4-6-17)18(7-10-22-11-8-18)14-21-13-15-2-1-9-20-12-15/h1-6,9,12,21H,7-8,10-11,13-14H2. The molecule has 1 saturated heterocycles. The molecule has 1 N–H and O–H groups in total. The highest BCUT2D eigenvalue weighted by atomic mass is 35.5. The molecule has 116 valence electrons. The predicted octanol–water partition coefficient (Wildman–Crippen LogP) is 3.57. The van der Waals surface area contributed by atoms with Gasteiger partial charge in [0.05, 0.1) is 0 Å². The van der Waals surface area contributed by atoms with E-state index in [1.165, 1.54) is 11.1 Å². The Morgan fingerprint density at radius 2 is 1.91 bits per heavy atom. The summed E-state index contributed by atoms with van der Waals surface area (Å²) in [6, 6.07) is 12.3. The summed E-state index contributed by atoms with van der Waals surface area (Å²) in [5.74, 6) is 0. The molecule has 0 unspecified atom stereocenters. The molecule has 0 radical (unpaired) electrons. The highest BCUT2D eigenvalue weighted by Gasteiger charge is 2.34. The number of hydrogen-bond acceptors (Lipinski definition) is 3. The smallest absolute Gasteiger partial charge is 0.0475 e. The number of hydrogen-bond donors (Lipinski definition) is 1. The van der Waals surface area contributed by atoms with Crippen molar-refractivity contribution in [3.8, 4) is 0 Å². The van der Waals surface area contributed by atoms with E-state index in [4.69, 9.17) is 16.3 Å². The fourth-order valence-corrected chi connectivity index (χ4v) is 3.21. The normalized spacial score (nSPS) is 17.3. The Kier molecular flexibility index (Phi) is 5.08. The van der Waals surface area contributed by atoms with E-state index in [1.54, 1.807) is 6.20 Å². The summed E-state index contributed by atoms with van der Waals surface area (Å²) in [7, 11) is 0. The van der Waals surface area contributed by atoms with E-state index >= 15 is 0 Å². The highest BCUT2D eigenvalue weighted by molar-refractivity contribution is 6.30. The van der Waals surface area contributed by atoms with Crippen LogP contribution in [0.1, 0.15) is 24.0 Å². The first-order chi connectivity index (χ1) is 10.8. The van der Waals surface area contributed by atoms with Crippen LogP contribution in [0.5, 0.6) is 0 Å². The number of halogens is 1. The molecule has 0 bridgehead atoms. The Morgan fingerprint density at radius 3 is 2.59 bits per heavy atom. The largest absolute Gasteiger partial charge is 0.381 e. The molecule has 0 saturated carbocycles. The van der Waals surface area contributed by atoms with Gasteiger partial charge in [-0.3, -0.25) is 4.98 Å². The minimum Gasteiger partial charge on any atom is -0.381 e. The van der Waals surface area contributed by atoms with Crippen LogP contribution in [0.2, 0.25) is 5.02 Å². The molecule has 2 aromatic rings. The molecule has 22 heavy (non-hydrogen) atoms. The first-order valence-electron chi connectivity index (χ1n) is 7.72. The number of nitrogens with zero attached hydrogens (tertiary/aromatic N) is 1. The summed E-state index contributed by atoms with van der Waals surface area (Å²) in [6.45, 7) is 3.41. The van der Waals surface area contributed by atoms with Crippen molar-refractivity contribution in [2.75, 3.05) is 19.8 Å². The zero-order valence-corrected chi connectivity index (χ0v) is 13.4. The number of pyridine rings is 1. The molecule has 1 aliphatic heterocycles. The molecule has 0 amide bonds. The lowest BCUT2D eigenvalue weighted by molar-refractivity contribution is 0.0498. The molecule has 1 fully saturated rings. The summed E-state index contributed by atoms with van der Waals surface area (Å²) in [4.78, 5) is 4.16. The van der Waals surface area contributed by atoms with Gasteiger partial charge in [-0.1, -0.05) is 29.8 Å². The predicted molar refractivity (Wildman–Crippen MR) is 89.1 cm³/mol. The van der Waals surface area contributed by atoms with Gasteiger partial charge in [0.1, 0.15) is 0 Å². The Hall–Kier alpha value is -1.42. The third-order valence-electron chi connectivity index (χ3n) is 4.42. The number of rotatable bonds is 5. The van der Waals surface area contributed by atoms with Gasteiger partial charge in [-0.15, -0.1) is 0 Å². The lowest BCUT2D eigenvalue weighted by Gasteiger charge is -2.38. The Bertz CT molecular complexity index is 580. The van der Waals surface area contributed by atoms with Crippen LogP contribution >= 0.6 is 11.6 Å². The molecular formula is C18H21ClN2O. The second kappa shape index (κ2) is 7.23. The zero-order valence-electron chi connectivity index (χ0n) is 12.6. The Balaban J connectivity index is 1.70. The van der Waals surface area contributed by atoms with Gasteiger partial charge in [-0.25, -0.2) is 0 Å². The summed E-state index contributed by atoms with van der Waals surface area (Å²) >= 11 is 6.03. The van der Waals surface area contributed by atoms with Crippen molar-refractivity contribution in [3.05, 3.63) is 64.9 Å². The van der Waals surface area contributed by atoms with Crippen molar-refractivity contribution in [2.24, 2.45) is 0 Å². The van der Waals surface area contributed by atoms with Crippen molar-refractivity contribution in [1.29, 1.82) is 0 Å². The van der Waals surface area contributed by atoms with E-state index in [1.807, 2.05) is 24.4 Å². The van der Waals surface area contributed by atoms with Gasteiger partial charge >= 0.3 is 0 Å². The fraction of sp³-hybridized carbons (Fsp3) is 0.389. The SMILES string of the molecule is Clc1ccc(C2(CNCc3cccnc3)CCOCC2)cc1. The Morgan fingerprint density at radius 1 is 1.14 bits per heavy atom. The van der Waals surface area contributed by atoms with Crippen molar-refractivity contribution < 1.29 is 4.74 Å². The van der Waals surface area contributed by atoms with Crippen molar-refractivity contribution >= 4 is 11.6 Å². The summed E-state index contributed by atoms with van der Waals surface area (Å²) in [5.41, 5.74) is 2.69. The molecule has 1 aromatic heterocycles. The van der Waals surface area contributed by atoms with Crippen LogP contribution < -0.4 is 5.32 Å². The second-order valence-corrected chi connectivity index (χ2v) is 6.30. The van der Waals surface area contributed by atoms with E-state index in [0.29, 0.717) is 0 Å². The summed E-state index contributed by atoms with van der Waals surface area (Å²) in [6.07, 6.45) is 5.78. The van der Waals surface area contributed by atoms with Crippen molar-refractivity contribution in [2.45, 2.75) is 24.8 Å². The van der Waals surface area contributed by atoms with Gasteiger partial charge in [-0.2, -0.15) is 0 Å². The molecule has 0 aliphatic carbocycles. The van der Waals surface area contributed by atoms with Crippen LogP contribution in [0.15, 0.2) is 48.8 Å². The van der Waals surface area contributed by atoms with Crippen LogP contribution in [0.3, 0.4) is 0 Å². The quantitative estimate of drug-likeness (QED) is 0.915. The molecule has 4 heteroatoms. The van der Waals surface area contributed by atoms with Crippen LogP contribution in [-0.2, 0) is 16.7 Å². The topological polar surface area (TPSA) is 34.2 Å². The minimum atomic E-state index is 0.130. The number of benzene rings is 1. The van der Waals surface area contributed by atoms with Gasteiger partial charge in [0.15, 0.2) is 0 Å². The van der Waals surface area contributed by atoms with Gasteiger partial charge in [-0.05, 0) is 42.2 Å². The fourth-order valence-electron chi connectivity index (χ4n) is 3.08.